The molecule has 400 valence electrons. The van der Waals surface area contributed by atoms with Gasteiger partial charge in [0.05, 0.1) is 68.5 Å². The summed E-state index contributed by atoms with van der Waals surface area (Å²) in [4.78, 5) is 40.5. The summed E-state index contributed by atoms with van der Waals surface area (Å²) in [5.41, 5.74) is -2.23. The molecule has 3 heterocycles. The molecule has 0 radical (unpaired) electrons. The van der Waals surface area contributed by atoms with E-state index in [-0.39, 0.29) is 73.8 Å². The number of aryl methyl sites for hydroxylation is 1. The number of anilines is 2. The highest BCUT2D eigenvalue weighted by Gasteiger charge is 2.52. The molecular weight excluding hydrogens is 1010 g/mol. The molecule has 6 aromatic carbocycles. The van der Waals surface area contributed by atoms with Gasteiger partial charge in [-0.15, -0.1) is 0 Å². The van der Waals surface area contributed by atoms with E-state index in [1.54, 1.807) is 45.6 Å². The molecule has 9 rings (SSSR count). The average Bonchev–Trinajstić information content (AvgIpc) is 3.83. The number of H-pyrrole nitrogens is 2. The molecule has 1 atom stereocenters. The Balaban J connectivity index is 1.22. The molecule has 0 unspecified atom stereocenters. The lowest BCUT2D eigenvalue weighted by atomic mass is 9.93. The average molecular weight is 1070 g/mol. The van der Waals surface area contributed by atoms with Crippen LogP contribution >= 0.6 is 0 Å². The van der Waals surface area contributed by atoms with Crippen LogP contribution in [0, 0.1) is 12.7 Å². The number of hydrogen-bond acceptors (Lipinski definition) is 10. The van der Waals surface area contributed by atoms with Crippen molar-refractivity contribution in [2.24, 2.45) is 0 Å². The molecule has 0 bridgehead atoms. The number of methoxy groups -OCH3 is 3. The molecule has 0 spiro atoms. The van der Waals surface area contributed by atoms with Gasteiger partial charge in [0.1, 0.15) is 23.1 Å². The van der Waals surface area contributed by atoms with Gasteiger partial charge in [0, 0.05) is 31.7 Å². The summed E-state index contributed by atoms with van der Waals surface area (Å²) >= 11 is 0. The van der Waals surface area contributed by atoms with Gasteiger partial charge in [0.15, 0.2) is 5.82 Å². The Hall–Kier alpha value is -7.73. The van der Waals surface area contributed by atoms with E-state index in [4.69, 9.17) is 28.4 Å². The Morgan fingerprint density at radius 2 is 1.25 bits per heavy atom. The number of halogens is 4. The highest BCUT2D eigenvalue weighted by atomic mass is 28.4. The number of nitrogens with zero attached hydrogens (tertiary/aromatic N) is 3. The van der Waals surface area contributed by atoms with Crippen molar-refractivity contribution in [2.75, 3.05) is 50.8 Å². The third-order valence-corrected chi connectivity index (χ3v) is 19.3. The maximum atomic E-state index is 17.9. The maximum absolute atomic E-state index is 17.9. The number of pyridine rings is 1. The van der Waals surface area contributed by atoms with Crippen molar-refractivity contribution in [3.63, 3.8) is 0 Å². The van der Waals surface area contributed by atoms with E-state index >= 15 is 17.6 Å². The molecule has 0 saturated carbocycles. The van der Waals surface area contributed by atoms with Gasteiger partial charge in [-0.1, -0.05) is 118 Å². The number of hydrogen-bond donors (Lipinski definition) is 2. The first-order valence-corrected chi connectivity index (χ1v) is 27.2. The fourth-order valence-electron chi connectivity index (χ4n) is 10.6. The first-order valence-electron chi connectivity index (χ1n) is 25.3. The largest absolute Gasteiger partial charge is 0.497 e. The summed E-state index contributed by atoms with van der Waals surface area (Å²) in [5.74, 6) is 0.850. The van der Waals surface area contributed by atoms with E-state index in [9.17, 15) is 9.59 Å². The quantitative estimate of drug-likeness (QED) is 0.0596. The summed E-state index contributed by atoms with van der Waals surface area (Å²) in [7, 11) is 1.37. The first-order chi connectivity index (χ1) is 36.9. The molecule has 0 fully saturated rings. The van der Waals surface area contributed by atoms with E-state index in [1.807, 2.05) is 94.7 Å². The van der Waals surface area contributed by atoms with Gasteiger partial charge in [-0.25, -0.2) is 14.2 Å². The highest BCUT2D eigenvalue weighted by Crippen LogP contribution is 2.48. The van der Waals surface area contributed by atoms with Crippen molar-refractivity contribution in [1.29, 1.82) is 0 Å². The second kappa shape index (κ2) is 22.5. The van der Waals surface area contributed by atoms with Crippen molar-refractivity contribution in [3.05, 3.63) is 200 Å². The predicted molar refractivity (Wildman–Crippen MR) is 295 cm³/mol. The van der Waals surface area contributed by atoms with Crippen LogP contribution in [0.2, 0.25) is 5.04 Å². The minimum atomic E-state index is -5.02. The maximum Gasteiger partial charge on any atom is 0.418 e. The third kappa shape index (κ3) is 11.2. The number of alkyl halides is 3. The number of nitrogens with one attached hydrogen (secondary N) is 2. The summed E-state index contributed by atoms with van der Waals surface area (Å²) < 4.78 is 95.7. The van der Waals surface area contributed by atoms with Crippen molar-refractivity contribution >= 4 is 41.1 Å². The Morgan fingerprint density at radius 1 is 0.727 bits per heavy atom. The molecule has 0 amide bonds. The third-order valence-electron chi connectivity index (χ3n) is 14.2. The molecule has 0 aliphatic carbocycles. The van der Waals surface area contributed by atoms with Crippen LogP contribution in [0.3, 0.4) is 0 Å². The van der Waals surface area contributed by atoms with Gasteiger partial charge in [-0.05, 0) is 99.0 Å². The van der Waals surface area contributed by atoms with Crippen molar-refractivity contribution in [2.45, 2.75) is 71.1 Å². The zero-order valence-corrected chi connectivity index (χ0v) is 45.0. The van der Waals surface area contributed by atoms with Crippen LogP contribution in [0.1, 0.15) is 54.2 Å². The van der Waals surface area contributed by atoms with Gasteiger partial charge in [0.25, 0.3) is 13.9 Å². The van der Waals surface area contributed by atoms with E-state index < -0.39 is 65.0 Å². The summed E-state index contributed by atoms with van der Waals surface area (Å²) in [6.45, 7) is 8.58. The van der Waals surface area contributed by atoms with Gasteiger partial charge in [-0.2, -0.15) is 13.2 Å². The predicted octanol–water partition coefficient (Wildman–Crippen LogP) is 10.5. The molecule has 12 nitrogen and oxygen atoms in total. The fourth-order valence-corrected chi connectivity index (χ4v) is 15.3. The lowest BCUT2D eigenvalue weighted by molar-refractivity contribution is -0.137. The van der Waals surface area contributed by atoms with Crippen LogP contribution in [0.5, 0.6) is 17.2 Å². The smallest absolute Gasteiger partial charge is 0.418 e. The van der Waals surface area contributed by atoms with Crippen LogP contribution in [0.4, 0.5) is 29.1 Å². The van der Waals surface area contributed by atoms with Crippen LogP contribution in [0.25, 0.3) is 22.2 Å². The van der Waals surface area contributed by atoms with Gasteiger partial charge >= 0.3 is 11.9 Å². The lowest BCUT2D eigenvalue weighted by Crippen LogP contribution is -2.68. The second-order valence-electron chi connectivity index (χ2n) is 20.2. The molecule has 2 N–H and O–H groups in total. The molecule has 8 aromatic rings. The minimum Gasteiger partial charge on any atom is -0.497 e. The molecule has 77 heavy (non-hydrogen) atoms. The molecule has 0 saturated heterocycles. The number of aromatic nitrogens is 3. The van der Waals surface area contributed by atoms with Crippen molar-refractivity contribution in [1.82, 2.24) is 15.0 Å². The molecule has 2 aromatic heterocycles. The van der Waals surface area contributed by atoms with E-state index in [0.29, 0.717) is 17.2 Å². The normalized spacial score (nSPS) is 13.2. The number of benzene rings is 6. The second-order valence-corrected chi connectivity index (χ2v) is 24.5. The number of ether oxygens (including phenoxy) is 4. The van der Waals surface area contributed by atoms with E-state index in [0.717, 1.165) is 27.1 Å². The van der Waals surface area contributed by atoms with Crippen molar-refractivity contribution in [3.8, 4) is 28.5 Å². The number of fused-ring (bicyclic) bond motifs is 3. The van der Waals surface area contributed by atoms with Crippen LogP contribution in [0.15, 0.2) is 149 Å². The molecule has 17 heteroatoms. The Labute approximate surface area is 445 Å². The summed E-state index contributed by atoms with van der Waals surface area (Å²) in [5, 5.41) is 1.30. The SMILES string of the molecule is COc1ccc(COC[C@@H](CN2CCc3c(-c4nc(N(Cc5ccc(OC)cc5)Cc5ccc(OC)cc5)cc(C)c4C(F)(F)F)c(F)c4[nH]c(=O)[nH]c(=O)c4c32)O[Si](c2ccccc2)(c2ccccc2)C(C)(C)C)cc1. The van der Waals surface area contributed by atoms with Gasteiger partial charge < -0.3 is 38.2 Å². The van der Waals surface area contributed by atoms with Crippen LogP contribution < -0.4 is 45.6 Å². The number of aromatic amines is 2. The number of rotatable bonds is 19. The minimum absolute atomic E-state index is 0.0123. The topological polar surface area (TPSA) is 131 Å². The summed E-state index contributed by atoms with van der Waals surface area (Å²) in [6, 6.07) is 43.5. The van der Waals surface area contributed by atoms with Crippen LogP contribution in [-0.4, -0.2) is 70.4 Å². The lowest BCUT2D eigenvalue weighted by Gasteiger charge is -2.45. The monoisotopic (exact) mass is 1070 g/mol. The Morgan fingerprint density at radius 3 is 1.74 bits per heavy atom. The zero-order valence-electron chi connectivity index (χ0n) is 44.0. The zero-order chi connectivity index (χ0) is 54.6. The molecular formula is C60H61F4N5O7Si. The molecule has 1 aliphatic heterocycles. The Kier molecular flexibility index (Phi) is 15.8. The van der Waals surface area contributed by atoms with E-state index in [2.05, 4.69) is 55.0 Å². The van der Waals surface area contributed by atoms with Crippen molar-refractivity contribution < 1.29 is 40.9 Å². The van der Waals surface area contributed by atoms with Gasteiger partial charge in [0.2, 0.25) is 0 Å². The van der Waals surface area contributed by atoms with Crippen LogP contribution in [-0.2, 0) is 41.5 Å². The fraction of sp³-hybridized carbons (Fsp3) is 0.283. The Bertz CT molecular complexity index is 3370. The first kappa shape index (κ1) is 54.1. The summed E-state index contributed by atoms with van der Waals surface area (Å²) in [6.07, 6.45) is -5.76. The van der Waals surface area contributed by atoms with Gasteiger partial charge in [-0.3, -0.25) is 9.78 Å². The highest BCUT2D eigenvalue weighted by molar-refractivity contribution is 6.99. The molecule has 1 aliphatic rings. The standard InChI is InChI=1S/C60H61F4N5O7Si/c1-38-32-49(69(33-39-18-24-42(72-5)25-19-39)34-40-20-26-43(73-6)27-21-40)65-54(52(38)60(62,63)64)50-48-30-31-68(56(48)51-55(53(50)61)66-58(71)67-57(51)70)35-45(37-75-36-41-22-28-44(74-7)29-23-41)76-77(59(2,3)4,46-14-10-8-11-15-46)47-16-12-9-13-17-47/h8-29,32,45H,30-31,33-37H2,1-7H3,(H2,66,67,70,71)/t45-/m1/s1. The van der Waals surface area contributed by atoms with E-state index in [1.165, 1.54) is 13.0 Å².